The van der Waals surface area contributed by atoms with E-state index in [9.17, 15) is 4.79 Å². The van der Waals surface area contributed by atoms with Crippen LogP contribution < -0.4 is 0 Å². The van der Waals surface area contributed by atoms with Gasteiger partial charge in [0, 0.05) is 50.5 Å². The van der Waals surface area contributed by atoms with Crippen molar-refractivity contribution < 1.29 is 4.79 Å². The van der Waals surface area contributed by atoms with Crippen LogP contribution in [0.1, 0.15) is 24.0 Å². The van der Waals surface area contributed by atoms with Crippen LogP contribution in [0, 0.1) is 0 Å². The average Bonchev–Trinajstić information content (AvgIpc) is 3.23. The second-order valence-electron chi connectivity index (χ2n) is 6.11. The lowest BCUT2D eigenvalue weighted by atomic mass is 10.1. The molecule has 1 amide bonds. The Kier molecular flexibility index (Phi) is 3.68. The first-order chi connectivity index (χ1) is 10.8. The maximum atomic E-state index is 12.4. The molecule has 5 heteroatoms. The molecule has 114 valence electrons. The molecule has 4 rings (SSSR count). The van der Waals surface area contributed by atoms with Gasteiger partial charge in [0.15, 0.2) is 0 Å². The Morgan fingerprint density at radius 1 is 1.23 bits per heavy atom. The minimum absolute atomic E-state index is 0.286. The fourth-order valence-electron chi connectivity index (χ4n) is 3.72. The largest absolute Gasteiger partial charge is 0.334 e. The number of pyridine rings is 1. The van der Waals surface area contributed by atoms with E-state index in [1.54, 1.807) is 17.5 Å². The van der Waals surface area contributed by atoms with Crippen molar-refractivity contribution in [3.63, 3.8) is 0 Å². The molecule has 4 heterocycles. The Labute approximate surface area is 134 Å². The van der Waals surface area contributed by atoms with Crippen molar-refractivity contribution >= 4 is 17.2 Å². The Hall–Kier alpha value is -1.72. The number of thiophene rings is 1. The molecule has 0 aromatic carbocycles. The van der Waals surface area contributed by atoms with Gasteiger partial charge in [0.25, 0.3) is 0 Å². The minimum Gasteiger partial charge on any atom is -0.334 e. The minimum atomic E-state index is 0.286. The van der Waals surface area contributed by atoms with Crippen LogP contribution in [0.4, 0.5) is 0 Å². The molecule has 0 radical (unpaired) electrons. The standard InChI is InChI=1S/C17H19N3OS/c21-17-8-16-15(20(17)11-13-2-1-5-18-9-13)3-6-19(16)10-14-4-7-22-12-14/h1-2,4-5,7,9,12,15-16H,3,6,8,10-11H2/t15-,16+/m1/s1. The van der Waals surface area contributed by atoms with Gasteiger partial charge in [0.05, 0.1) is 0 Å². The summed E-state index contributed by atoms with van der Waals surface area (Å²) in [6, 6.07) is 6.91. The monoisotopic (exact) mass is 313 g/mol. The molecule has 0 unspecified atom stereocenters. The summed E-state index contributed by atoms with van der Waals surface area (Å²) in [7, 11) is 0. The highest BCUT2D eigenvalue weighted by Gasteiger charge is 2.46. The van der Waals surface area contributed by atoms with Crippen molar-refractivity contribution in [2.24, 2.45) is 0 Å². The van der Waals surface area contributed by atoms with Crippen molar-refractivity contribution in [2.45, 2.75) is 38.0 Å². The topological polar surface area (TPSA) is 36.4 Å². The summed E-state index contributed by atoms with van der Waals surface area (Å²) in [5.74, 6) is 0.286. The van der Waals surface area contributed by atoms with Crippen LogP contribution in [0.2, 0.25) is 0 Å². The van der Waals surface area contributed by atoms with Gasteiger partial charge in [-0.1, -0.05) is 6.07 Å². The third kappa shape index (κ3) is 2.55. The van der Waals surface area contributed by atoms with Gasteiger partial charge in [-0.15, -0.1) is 0 Å². The summed E-state index contributed by atoms with van der Waals surface area (Å²) < 4.78 is 0. The lowest BCUT2D eigenvalue weighted by molar-refractivity contribution is -0.129. The number of nitrogens with zero attached hydrogens (tertiary/aromatic N) is 3. The van der Waals surface area contributed by atoms with Crippen LogP contribution in [0.3, 0.4) is 0 Å². The molecule has 0 N–H and O–H groups in total. The summed E-state index contributed by atoms with van der Waals surface area (Å²) in [4.78, 5) is 21.1. The van der Waals surface area contributed by atoms with Gasteiger partial charge in [0.2, 0.25) is 5.91 Å². The molecule has 2 atom stereocenters. The van der Waals surface area contributed by atoms with Crippen molar-refractivity contribution in [3.8, 4) is 0 Å². The summed E-state index contributed by atoms with van der Waals surface area (Å²) in [5.41, 5.74) is 2.48. The number of carbonyl (C=O) groups is 1. The zero-order chi connectivity index (χ0) is 14.9. The molecule has 2 aliphatic heterocycles. The van der Waals surface area contributed by atoms with Crippen molar-refractivity contribution in [1.82, 2.24) is 14.8 Å². The second kappa shape index (κ2) is 5.82. The van der Waals surface area contributed by atoms with E-state index in [-0.39, 0.29) is 5.91 Å². The normalized spacial score (nSPS) is 24.9. The fraction of sp³-hybridized carbons (Fsp3) is 0.412. The number of hydrogen-bond donors (Lipinski definition) is 0. The molecule has 0 aliphatic carbocycles. The van der Waals surface area contributed by atoms with E-state index in [0.29, 0.717) is 25.0 Å². The maximum Gasteiger partial charge on any atom is 0.224 e. The molecule has 2 aromatic rings. The van der Waals surface area contributed by atoms with E-state index >= 15 is 0 Å². The lowest BCUT2D eigenvalue weighted by Crippen LogP contribution is -2.36. The Bertz CT molecular complexity index is 643. The van der Waals surface area contributed by atoms with Crippen LogP contribution in [0.25, 0.3) is 0 Å². The van der Waals surface area contributed by atoms with Gasteiger partial charge in [-0.3, -0.25) is 14.7 Å². The predicted molar refractivity (Wildman–Crippen MR) is 86.3 cm³/mol. The van der Waals surface area contributed by atoms with Gasteiger partial charge < -0.3 is 4.90 Å². The van der Waals surface area contributed by atoms with Crippen molar-refractivity contribution in [2.75, 3.05) is 6.54 Å². The summed E-state index contributed by atoms with van der Waals surface area (Å²) >= 11 is 1.74. The smallest absolute Gasteiger partial charge is 0.224 e. The van der Waals surface area contributed by atoms with Crippen LogP contribution in [-0.2, 0) is 17.9 Å². The van der Waals surface area contributed by atoms with E-state index in [1.165, 1.54) is 5.56 Å². The average molecular weight is 313 g/mol. The quantitative estimate of drug-likeness (QED) is 0.870. The first-order valence-electron chi connectivity index (χ1n) is 7.75. The first-order valence-corrected chi connectivity index (χ1v) is 8.69. The van der Waals surface area contributed by atoms with Crippen LogP contribution >= 0.6 is 11.3 Å². The Balaban J connectivity index is 1.47. The van der Waals surface area contributed by atoms with Crippen LogP contribution in [0.5, 0.6) is 0 Å². The van der Waals surface area contributed by atoms with E-state index in [4.69, 9.17) is 0 Å². The Morgan fingerprint density at radius 2 is 2.18 bits per heavy atom. The van der Waals surface area contributed by atoms with Crippen LogP contribution in [-0.4, -0.2) is 39.3 Å². The molecule has 2 fully saturated rings. The van der Waals surface area contributed by atoms with Gasteiger partial charge >= 0.3 is 0 Å². The lowest BCUT2D eigenvalue weighted by Gasteiger charge is -2.25. The van der Waals surface area contributed by atoms with Gasteiger partial charge in [-0.2, -0.15) is 11.3 Å². The molecule has 0 bridgehead atoms. The summed E-state index contributed by atoms with van der Waals surface area (Å²) in [6.07, 6.45) is 5.38. The number of amides is 1. The molecular weight excluding hydrogens is 294 g/mol. The number of likely N-dealkylation sites (tertiary alicyclic amines) is 2. The first kappa shape index (κ1) is 13.9. The van der Waals surface area contributed by atoms with Crippen LogP contribution in [0.15, 0.2) is 41.4 Å². The molecule has 0 spiro atoms. The second-order valence-corrected chi connectivity index (χ2v) is 6.89. The highest BCUT2D eigenvalue weighted by Crippen LogP contribution is 2.34. The third-order valence-electron chi connectivity index (χ3n) is 4.77. The molecule has 0 saturated carbocycles. The highest BCUT2D eigenvalue weighted by atomic mass is 32.1. The number of rotatable bonds is 4. The highest BCUT2D eigenvalue weighted by molar-refractivity contribution is 7.07. The van der Waals surface area contributed by atoms with Crippen molar-refractivity contribution in [1.29, 1.82) is 0 Å². The SMILES string of the molecule is O=C1C[C@H]2[C@@H](CCN2Cc2ccsc2)N1Cc1cccnc1. The summed E-state index contributed by atoms with van der Waals surface area (Å²) in [6.45, 7) is 2.75. The molecule has 2 aromatic heterocycles. The number of fused-ring (bicyclic) bond motifs is 1. The fourth-order valence-corrected chi connectivity index (χ4v) is 4.38. The molecule has 2 saturated heterocycles. The number of aromatic nitrogens is 1. The van der Waals surface area contributed by atoms with E-state index in [1.807, 2.05) is 18.3 Å². The molecule has 4 nitrogen and oxygen atoms in total. The third-order valence-corrected chi connectivity index (χ3v) is 5.50. The zero-order valence-corrected chi connectivity index (χ0v) is 13.2. The zero-order valence-electron chi connectivity index (χ0n) is 12.4. The van der Waals surface area contributed by atoms with E-state index < -0.39 is 0 Å². The van der Waals surface area contributed by atoms with Gasteiger partial charge in [-0.25, -0.2) is 0 Å². The Morgan fingerprint density at radius 3 is 2.95 bits per heavy atom. The van der Waals surface area contributed by atoms with Gasteiger partial charge in [-0.05, 0) is 40.4 Å². The maximum absolute atomic E-state index is 12.4. The van der Waals surface area contributed by atoms with E-state index in [0.717, 1.165) is 25.1 Å². The molecule has 2 aliphatic rings. The number of hydrogen-bond acceptors (Lipinski definition) is 4. The van der Waals surface area contributed by atoms with E-state index in [2.05, 4.69) is 31.6 Å². The molecular formula is C17H19N3OS. The van der Waals surface area contributed by atoms with Crippen molar-refractivity contribution in [3.05, 3.63) is 52.5 Å². The number of carbonyl (C=O) groups excluding carboxylic acids is 1. The predicted octanol–water partition coefficient (Wildman–Crippen LogP) is 2.52. The molecule has 22 heavy (non-hydrogen) atoms. The van der Waals surface area contributed by atoms with Gasteiger partial charge in [0.1, 0.15) is 0 Å². The summed E-state index contributed by atoms with van der Waals surface area (Å²) in [5, 5.41) is 4.33.